The van der Waals surface area contributed by atoms with Crippen molar-refractivity contribution >= 4 is 17.9 Å². The van der Waals surface area contributed by atoms with Crippen molar-refractivity contribution < 1.29 is 79.7 Å². The first-order valence-corrected chi connectivity index (χ1v) is 43.6. The summed E-state index contributed by atoms with van der Waals surface area (Å²) >= 11 is 0. The number of fused-ring (bicyclic) bond motifs is 15. The normalized spacial score (nSPS) is 45.0. The molecule has 12 aliphatic rings. The molecule has 10 N–H and O–H groups in total. The molecule has 0 saturated heterocycles. The maximum atomic E-state index is 12.2. The van der Waals surface area contributed by atoms with Crippen LogP contribution in [0.1, 0.15) is 271 Å². The molecular formula is C86H135N9O16. The van der Waals surface area contributed by atoms with Gasteiger partial charge in [0.1, 0.15) is 17.1 Å². The van der Waals surface area contributed by atoms with E-state index in [-0.39, 0.29) is 223 Å². The van der Waals surface area contributed by atoms with Crippen molar-refractivity contribution in [2.45, 2.75) is 310 Å². The standard InChI is InChI=1S/C86H135N9O16/c1-47(10-19-74(103)104)59-13-16-62-77-65(34-71(100)83(59,62)7)80(4)25-22-56(28-50(80)31-68(77)97)93-37-53(87-90-93)40-109-44-86(43-96,45-110-41-54-38-94(91-88-54)57-23-26-81(5)51(29-57)32-69(98)78-63-17-14-60(48(2)11-20-75(105)106)84(63,8)72(101)35-66(78)81)46-111-42-55-39-95(92-89-55)58-24-27-82(6)52(30-58)33-70(99)79-64-18-15-61(49(3)12-21-76(107)108)85(64,9)73(102)36-67(79)82/h37-39,47-52,56-73,77-79,96-102H,10-36,40-46H2,1-9H3,(H,103,104)(H,105,106)(H,107,108)/t47-,48-,49-,50+,51+,52+,56?,57?,58?,59-,60-,61-,62+,63+,64+,65+,66+,67+,68-,69-,70-,71+,72+,73+,77+,78+,79+,80+,81+,82+,83-,84-,85-,86?/m1/s1. The van der Waals surface area contributed by atoms with Gasteiger partial charge >= 0.3 is 17.9 Å². The van der Waals surface area contributed by atoms with Gasteiger partial charge in [-0.25, -0.2) is 14.0 Å². The number of rotatable bonds is 28. The number of aromatic nitrogens is 9. The monoisotopic (exact) mass is 1550 g/mol. The zero-order valence-electron chi connectivity index (χ0n) is 67.8. The van der Waals surface area contributed by atoms with E-state index in [1.807, 2.05) is 32.6 Å². The van der Waals surface area contributed by atoms with E-state index in [2.05, 4.69) is 93.2 Å². The van der Waals surface area contributed by atoms with Crippen LogP contribution in [0.15, 0.2) is 18.6 Å². The molecule has 0 aliphatic heterocycles. The molecule has 25 nitrogen and oxygen atoms in total. The molecule has 0 spiro atoms. The van der Waals surface area contributed by atoms with E-state index < -0.39 is 59.9 Å². The smallest absolute Gasteiger partial charge is 0.303 e. The van der Waals surface area contributed by atoms with Crippen LogP contribution in [-0.2, 0) is 48.4 Å². The Morgan fingerprint density at radius 3 is 0.964 bits per heavy atom. The minimum Gasteiger partial charge on any atom is -0.481 e. The van der Waals surface area contributed by atoms with Crippen LogP contribution in [0.25, 0.3) is 0 Å². The number of carboxylic acid groups (broad SMARTS) is 3. The third-order valence-electron chi connectivity index (χ3n) is 36.1. The predicted molar refractivity (Wildman–Crippen MR) is 408 cm³/mol. The van der Waals surface area contributed by atoms with Crippen molar-refractivity contribution in [1.82, 2.24) is 45.0 Å². The first kappa shape index (κ1) is 81.6. The Bertz CT molecular complexity index is 3390. The fourth-order valence-corrected chi connectivity index (χ4v) is 29.8. The summed E-state index contributed by atoms with van der Waals surface area (Å²) in [6.07, 6.45) is 22.6. The Morgan fingerprint density at radius 1 is 0.423 bits per heavy atom. The van der Waals surface area contributed by atoms with E-state index in [9.17, 15) is 65.4 Å². The predicted octanol–water partition coefficient (Wildman–Crippen LogP) is 11.3. The van der Waals surface area contributed by atoms with E-state index in [1.165, 1.54) is 0 Å². The molecule has 12 fully saturated rings. The van der Waals surface area contributed by atoms with Crippen LogP contribution in [0.2, 0.25) is 0 Å². The van der Waals surface area contributed by atoms with Gasteiger partial charge in [0.05, 0.1) is 125 Å². The van der Waals surface area contributed by atoms with Crippen molar-refractivity contribution in [3.8, 4) is 0 Å². The highest BCUT2D eigenvalue weighted by atomic mass is 16.5. The van der Waals surface area contributed by atoms with Gasteiger partial charge in [-0.1, -0.05) is 78.0 Å². The van der Waals surface area contributed by atoms with E-state index in [1.54, 1.807) is 0 Å². The Morgan fingerprint density at radius 2 is 0.703 bits per heavy atom. The number of aliphatic hydroxyl groups is 7. The average Bonchev–Trinajstić information content (AvgIpc) is 1.67. The van der Waals surface area contributed by atoms with Crippen LogP contribution in [-0.4, -0.2) is 177 Å². The summed E-state index contributed by atoms with van der Waals surface area (Å²) in [5.41, 5.74) is -0.452. The molecule has 12 saturated carbocycles. The lowest BCUT2D eigenvalue weighted by atomic mass is 9.43. The fraction of sp³-hybridized carbons (Fsp3) is 0.895. The molecule has 33 atom stereocenters. The highest BCUT2D eigenvalue weighted by molar-refractivity contribution is 5.67. The summed E-state index contributed by atoms with van der Waals surface area (Å²) in [6, 6.07) is 0.174. The number of ether oxygens (including phenoxy) is 3. The van der Waals surface area contributed by atoms with Gasteiger partial charge in [-0.15, -0.1) is 15.3 Å². The summed E-state index contributed by atoms with van der Waals surface area (Å²) < 4.78 is 25.5. The largest absolute Gasteiger partial charge is 0.481 e. The molecule has 111 heavy (non-hydrogen) atoms. The third-order valence-corrected chi connectivity index (χ3v) is 36.1. The van der Waals surface area contributed by atoms with Gasteiger partial charge in [-0.3, -0.25) is 14.4 Å². The van der Waals surface area contributed by atoms with Crippen LogP contribution < -0.4 is 0 Å². The van der Waals surface area contributed by atoms with Crippen molar-refractivity contribution in [3.05, 3.63) is 35.7 Å². The minimum atomic E-state index is -1.05. The molecule has 25 heteroatoms. The number of carbonyl (C=O) groups is 3. The number of nitrogens with zero attached hydrogens (tertiary/aromatic N) is 9. The summed E-state index contributed by atoms with van der Waals surface area (Å²) in [4.78, 5) is 34.8. The molecule has 0 bridgehead atoms. The van der Waals surface area contributed by atoms with E-state index >= 15 is 0 Å². The zero-order valence-corrected chi connectivity index (χ0v) is 67.8. The number of aliphatic hydroxyl groups excluding tert-OH is 7. The molecular weight excluding hydrogens is 1410 g/mol. The molecule has 0 amide bonds. The van der Waals surface area contributed by atoms with Crippen LogP contribution >= 0.6 is 0 Å². The van der Waals surface area contributed by atoms with Gasteiger partial charge in [-0.2, -0.15) is 0 Å². The highest BCUT2D eigenvalue weighted by Gasteiger charge is 2.70. The van der Waals surface area contributed by atoms with Crippen molar-refractivity contribution in [3.63, 3.8) is 0 Å². The van der Waals surface area contributed by atoms with Gasteiger partial charge < -0.3 is 65.3 Å². The molecule has 3 aromatic heterocycles. The molecule has 12 aliphatic carbocycles. The lowest BCUT2D eigenvalue weighted by Gasteiger charge is -2.63. The Hall–Kier alpha value is -4.57. The summed E-state index contributed by atoms with van der Waals surface area (Å²) in [6.45, 7) is 20.5. The summed E-state index contributed by atoms with van der Waals surface area (Å²) in [7, 11) is 0. The molecule has 620 valence electrons. The number of hydrogen-bond acceptors (Lipinski definition) is 19. The summed E-state index contributed by atoms with van der Waals surface area (Å²) in [5.74, 6) is 0.737. The lowest BCUT2D eigenvalue weighted by molar-refractivity contribution is -0.204. The molecule has 3 aromatic rings. The molecule has 3 heterocycles. The average molecular weight is 1550 g/mol. The number of carboxylic acids is 3. The molecule has 15 rings (SSSR count). The maximum Gasteiger partial charge on any atom is 0.303 e. The second-order valence-electron chi connectivity index (χ2n) is 41.0. The number of aliphatic carboxylic acids is 3. The van der Waals surface area contributed by atoms with Crippen molar-refractivity contribution in [1.29, 1.82) is 0 Å². The molecule has 0 radical (unpaired) electrons. The van der Waals surface area contributed by atoms with Crippen LogP contribution in [0.5, 0.6) is 0 Å². The Kier molecular flexibility index (Phi) is 23.1. The van der Waals surface area contributed by atoms with E-state index in [0.717, 1.165) is 96.3 Å². The van der Waals surface area contributed by atoms with Gasteiger partial charge in [0.25, 0.3) is 0 Å². The van der Waals surface area contributed by atoms with E-state index in [0.29, 0.717) is 74.9 Å². The van der Waals surface area contributed by atoms with Crippen LogP contribution in [0.4, 0.5) is 0 Å². The maximum absolute atomic E-state index is 12.2. The second kappa shape index (κ2) is 31.4. The highest BCUT2D eigenvalue weighted by Crippen LogP contribution is 2.73. The second-order valence-corrected chi connectivity index (χ2v) is 41.0. The lowest BCUT2D eigenvalue weighted by Crippen LogP contribution is -2.62. The first-order chi connectivity index (χ1) is 52.8. The van der Waals surface area contributed by atoms with E-state index in [4.69, 9.17) is 14.2 Å². The third kappa shape index (κ3) is 14.3. The Balaban J connectivity index is 0.588. The molecule has 3 unspecified atom stereocenters. The van der Waals surface area contributed by atoms with Gasteiger partial charge in [0.15, 0.2) is 0 Å². The van der Waals surface area contributed by atoms with Gasteiger partial charge in [0, 0.05) is 19.3 Å². The van der Waals surface area contributed by atoms with Crippen LogP contribution in [0, 0.1) is 144 Å². The number of hydrogen-bond donors (Lipinski definition) is 10. The van der Waals surface area contributed by atoms with Gasteiger partial charge in [-0.05, 0) is 293 Å². The zero-order chi connectivity index (χ0) is 78.8. The summed E-state index contributed by atoms with van der Waals surface area (Å²) in [5, 5.41) is 141. The minimum absolute atomic E-state index is 0.0484. The van der Waals surface area contributed by atoms with Crippen molar-refractivity contribution in [2.75, 3.05) is 26.4 Å². The van der Waals surface area contributed by atoms with Crippen LogP contribution in [0.3, 0.4) is 0 Å². The van der Waals surface area contributed by atoms with Gasteiger partial charge in [0.2, 0.25) is 0 Å². The topological polar surface area (TPSA) is 373 Å². The van der Waals surface area contributed by atoms with Crippen molar-refractivity contribution in [2.24, 2.45) is 144 Å². The Labute approximate surface area is 656 Å². The first-order valence-electron chi connectivity index (χ1n) is 43.6. The SMILES string of the molecule is C[C@H](CCC(=O)O)[C@H]1CC[C@H]2[C@@H]3[C@H](O)C[C@@H]4CC(n5cc(COCC(CO)(COCc6cn(C7CC[C@@]8(C)[C@@H](C7)C[C@@H](O)[C@@H]7[C@@H]8C[C@H](O)[C@]8(C)[C@@H]([C@H](C)CCC(=O)O)CC[C@@H]78)nn6)COCc6cn(C7CC[C@@]8(C)[C@@H](C7)C[C@@H](O)[C@@H]7[C@@H]8C[C@H](O)[C@]8(C)[C@@H]([C@H](C)CCC(=O)O)CC[C@@H]78)nn6)nn5)CC[C@]4(C)[C@H]3C[C@H](O)[C@]12C. The molecule has 0 aromatic carbocycles. The quantitative estimate of drug-likeness (QED) is 0.0323. The fourth-order valence-electron chi connectivity index (χ4n) is 29.8.